The third kappa shape index (κ3) is 4.12. The van der Waals surface area contributed by atoms with Crippen LogP contribution in [0.3, 0.4) is 0 Å². The maximum atomic E-state index is 12.2. The van der Waals surface area contributed by atoms with Gasteiger partial charge in [-0.2, -0.15) is 0 Å². The molecule has 1 fully saturated rings. The second-order valence-electron chi connectivity index (χ2n) is 7.57. The summed E-state index contributed by atoms with van der Waals surface area (Å²) in [4.78, 5) is 25.3. The van der Waals surface area contributed by atoms with E-state index in [0.717, 1.165) is 12.8 Å². The highest BCUT2D eigenvalue weighted by molar-refractivity contribution is 5.81. The molecular weight excluding hydrogens is 258 g/mol. The molecule has 5 nitrogen and oxygen atoms in total. The molecule has 1 heterocycles. The second-order valence-corrected chi connectivity index (χ2v) is 7.57. The first-order valence-corrected chi connectivity index (χ1v) is 7.16. The summed E-state index contributed by atoms with van der Waals surface area (Å²) in [6, 6.07) is -0.807. The number of piperidine rings is 1. The van der Waals surface area contributed by atoms with E-state index in [2.05, 4.69) is 0 Å². The van der Waals surface area contributed by atoms with Crippen LogP contribution in [0.2, 0.25) is 0 Å². The van der Waals surface area contributed by atoms with E-state index in [-0.39, 0.29) is 11.3 Å². The van der Waals surface area contributed by atoms with Gasteiger partial charge >= 0.3 is 12.1 Å². The number of likely N-dealkylation sites (tertiary alicyclic amines) is 1. The molecular formula is C15H27NO4. The molecule has 116 valence electrons. The molecule has 20 heavy (non-hydrogen) atoms. The van der Waals surface area contributed by atoms with E-state index in [1.165, 1.54) is 4.90 Å². The van der Waals surface area contributed by atoms with Crippen LogP contribution in [0.5, 0.6) is 0 Å². The van der Waals surface area contributed by atoms with Crippen LogP contribution in [-0.2, 0) is 9.53 Å². The normalized spacial score (nSPS) is 24.4. The van der Waals surface area contributed by atoms with Gasteiger partial charge in [-0.1, -0.05) is 20.8 Å². The van der Waals surface area contributed by atoms with Crippen molar-refractivity contribution < 1.29 is 19.4 Å². The molecule has 0 radical (unpaired) electrons. The fraction of sp³-hybridized carbons (Fsp3) is 0.867. The van der Waals surface area contributed by atoms with Crippen LogP contribution in [0, 0.1) is 11.3 Å². The number of carboxylic acid groups (broad SMARTS) is 1. The zero-order chi connectivity index (χ0) is 15.7. The van der Waals surface area contributed by atoms with Gasteiger partial charge in [-0.25, -0.2) is 9.59 Å². The molecule has 0 spiro atoms. The number of carboxylic acids is 1. The molecule has 2 unspecified atom stereocenters. The number of ether oxygens (including phenoxy) is 1. The molecule has 0 aromatic heterocycles. The average molecular weight is 285 g/mol. The average Bonchev–Trinajstić information content (AvgIpc) is 2.24. The number of amides is 1. The van der Waals surface area contributed by atoms with E-state index in [9.17, 15) is 14.7 Å². The first-order valence-electron chi connectivity index (χ1n) is 7.16. The Labute approximate surface area is 121 Å². The van der Waals surface area contributed by atoms with Crippen LogP contribution < -0.4 is 0 Å². The molecule has 0 saturated carbocycles. The van der Waals surface area contributed by atoms with Crippen LogP contribution in [0.4, 0.5) is 4.79 Å². The summed E-state index contributed by atoms with van der Waals surface area (Å²) in [5.74, 6) is -1.02. The van der Waals surface area contributed by atoms with Crippen molar-refractivity contribution in [2.75, 3.05) is 6.54 Å². The van der Waals surface area contributed by atoms with Gasteiger partial charge in [0.2, 0.25) is 0 Å². The lowest BCUT2D eigenvalue weighted by atomic mass is 9.71. The van der Waals surface area contributed by atoms with Crippen LogP contribution in [0.25, 0.3) is 0 Å². The zero-order valence-electron chi connectivity index (χ0n) is 13.4. The Balaban J connectivity index is 2.99. The number of hydrogen-bond acceptors (Lipinski definition) is 3. The Morgan fingerprint density at radius 1 is 1.15 bits per heavy atom. The summed E-state index contributed by atoms with van der Waals surface area (Å²) in [6.07, 6.45) is 1.10. The van der Waals surface area contributed by atoms with Crippen molar-refractivity contribution in [2.24, 2.45) is 11.3 Å². The van der Waals surface area contributed by atoms with E-state index >= 15 is 0 Å². The first-order chi connectivity index (χ1) is 8.93. The van der Waals surface area contributed by atoms with Crippen molar-refractivity contribution in [2.45, 2.75) is 66.0 Å². The maximum Gasteiger partial charge on any atom is 0.411 e. The third-order valence-electron chi connectivity index (χ3n) is 3.62. The molecule has 0 aromatic rings. The van der Waals surface area contributed by atoms with Crippen molar-refractivity contribution in [1.29, 1.82) is 0 Å². The summed E-state index contributed by atoms with van der Waals surface area (Å²) < 4.78 is 5.34. The highest BCUT2D eigenvalue weighted by Crippen LogP contribution is 2.38. The number of carbonyl (C=O) groups is 2. The minimum Gasteiger partial charge on any atom is -0.480 e. The predicted octanol–water partition coefficient (Wildman–Crippen LogP) is 3.13. The Kier molecular flexibility index (Phi) is 4.72. The third-order valence-corrected chi connectivity index (χ3v) is 3.62. The molecule has 5 heteroatoms. The van der Waals surface area contributed by atoms with E-state index in [1.807, 2.05) is 20.8 Å². The standard InChI is InChI=1S/C15H27NO4/c1-14(2,3)10-8-7-9-16(11(10)12(17)18)13(19)20-15(4,5)6/h10-11H,7-9H2,1-6H3,(H,17,18). The van der Waals surface area contributed by atoms with Crippen molar-refractivity contribution >= 4 is 12.1 Å². The topological polar surface area (TPSA) is 66.8 Å². The van der Waals surface area contributed by atoms with E-state index in [4.69, 9.17) is 4.74 Å². The van der Waals surface area contributed by atoms with Gasteiger partial charge < -0.3 is 9.84 Å². The smallest absolute Gasteiger partial charge is 0.411 e. The molecule has 0 aliphatic carbocycles. The number of hydrogen-bond donors (Lipinski definition) is 1. The molecule has 0 bridgehead atoms. The van der Waals surface area contributed by atoms with Crippen LogP contribution >= 0.6 is 0 Å². The maximum absolute atomic E-state index is 12.2. The summed E-state index contributed by atoms with van der Waals surface area (Å²) >= 11 is 0. The van der Waals surface area contributed by atoms with Gasteiger partial charge in [-0.3, -0.25) is 4.90 Å². The van der Waals surface area contributed by atoms with Crippen molar-refractivity contribution in [1.82, 2.24) is 4.90 Å². The molecule has 0 aromatic carbocycles. The van der Waals surface area contributed by atoms with Gasteiger partial charge in [0.1, 0.15) is 11.6 Å². The van der Waals surface area contributed by atoms with Crippen LogP contribution in [-0.4, -0.2) is 40.3 Å². The van der Waals surface area contributed by atoms with Gasteiger partial charge in [-0.15, -0.1) is 0 Å². The Hall–Kier alpha value is -1.26. The predicted molar refractivity (Wildman–Crippen MR) is 76.5 cm³/mol. The van der Waals surface area contributed by atoms with Crippen molar-refractivity contribution in [3.8, 4) is 0 Å². The lowest BCUT2D eigenvalue weighted by molar-refractivity contribution is -0.149. The van der Waals surface area contributed by atoms with Gasteiger partial charge in [0.15, 0.2) is 0 Å². The Morgan fingerprint density at radius 3 is 2.10 bits per heavy atom. The van der Waals surface area contributed by atoms with Crippen molar-refractivity contribution in [3.63, 3.8) is 0 Å². The van der Waals surface area contributed by atoms with Gasteiger partial charge in [0, 0.05) is 6.54 Å². The van der Waals surface area contributed by atoms with E-state index < -0.39 is 23.7 Å². The highest BCUT2D eigenvalue weighted by atomic mass is 16.6. The van der Waals surface area contributed by atoms with Gasteiger partial charge in [0.25, 0.3) is 0 Å². The minimum atomic E-state index is -0.949. The number of nitrogens with zero attached hydrogens (tertiary/aromatic N) is 1. The number of carbonyl (C=O) groups excluding carboxylic acids is 1. The SMILES string of the molecule is CC(C)(C)OC(=O)N1CCCC(C(C)(C)C)C1C(=O)O. The molecule has 1 aliphatic rings. The summed E-state index contributed by atoms with van der Waals surface area (Å²) in [7, 11) is 0. The fourth-order valence-corrected chi connectivity index (χ4v) is 2.73. The monoisotopic (exact) mass is 285 g/mol. The summed E-state index contributed by atoms with van der Waals surface area (Å²) in [5, 5.41) is 9.54. The highest BCUT2D eigenvalue weighted by Gasteiger charge is 2.45. The molecule has 1 saturated heterocycles. The summed E-state index contributed by atoms with van der Waals surface area (Å²) in [5.41, 5.74) is -0.779. The minimum absolute atomic E-state index is 0.0683. The second kappa shape index (κ2) is 5.62. The molecule has 1 rings (SSSR count). The van der Waals surface area contributed by atoms with Gasteiger partial charge in [0.05, 0.1) is 0 Å². The zero-order valence-corrected chi connectivity index (χ0v) is 13.4. The number of rotatable bonds is 1. The lowest BCUT2D eigenvalue weighted by Crippen LogP contribution is -2.56. The molecule has 2 atom stereocenters. The Bertz CT molecular complexity index is 378. The number of aliphatic carboxylic acids is 1. The van der Waals surface area contributed by atoms with Crippen molar-refractivity contribution in [3.05, 3.63) is 0 Å². The molecule has 1 N–H and O–H groups in total. The van der Waals surface area contributed by atoms with E-state index in [1.54, 1.807) is 20.8 Å². The summed E-state index contributed by atoms with van der Waals surface area (Å²) in [6.45, 7) is 11.9. The lowest BCUT2D eigenvalue weighted by Gasteiger charge is -2.44. The van der Waals surface area contributed by atoms with Crippen LogP contribution in [0.1, 0.15) is 54.4 Å². The molecule has 1 aliphatic heterocycles. The quantitative estimate of drug-likeness (QED) is 0.803. The Morgan fingerprint density at radius 2 is 1.70 bits per heavy atom. The largest absolute Gasteiger partial charge is 0.480 e. The fourth-order valence-electron chi connectivity index (χ4n) is 2.73. The molecule has 1 amide bonds. The van der Waals surface area contributed by atoms with E-state index in [0.29, 0.717) is 6.54 Å². The van der Waals surface area contributed by atoms with Gasteiger partial charge in [-0.05, 0) is 44.9 Å². The first kappa shape index (κ1) is 16.8. The van der Waals surface area contributed by atoms with Crippen LogP contribution in [0.15, 0.2) is 0 Å².